The molecule has 132 valence electrons. The predicted octanol–water partition coefficient (Wildman–Crippen LogP) is 3.27. The summed E-state index contributed by atoms with van der Waals surface area (Å²) < 4.78 is 11.0. The van der Waals surface area contributed by atoms with Crippen LogP contribution in [-0.2, 0) is 11.2 Å². The minimum absolute atomic E-state index is 0.0204. The van der Waals surface area contributed by atoms with E-state index in [1.807, 2.05) is 42.5 Å². The van der Waals surface area contributed by atoms with Gasteiger partial charge in [0.15, 0.2) is 11.5 Å². The summed E-state index contributed by atoms with van der Waals surface area (Å²) in [6.45, 7) is 2.30. The van der Waals surface area contributed by atoms with E-state index in [0.29, 0.717) is 37.7 Å². The summed E-state index contributed by atoms with van der Waals surface area (Å²) in [5.74, 6) is 1.52. The summed E-state index contributed by atoms with van der Waals surface area (Å²) in [4.78, 5) is 11.9. The van der Waals surface area contributed by atoms with E-state index in [1.54, 1.807) is 0 Å². The number of hydrogen-bond donors (Lipinski definition) is 2. The predicted molar refractivity (Wildman–Crippen MR) is 98.7 cm³/mol. The Bertz CT molecular complexity index is 736. The number of rotatable bonds is 7. The largest absolute Gasteiger partial charge is 0.486 e. The van der Waals surface area contributed by atoms with Crippen molar-refractivity contribution >= 4 is 23.2 Å². The van der Waals surface area contributed by atoms with Crippen molar-refractivity contribution in [1.29, 1.82) is 0 Å². The van der Waals surface area contributed by atoms with E-state index in [-0.39, 0.29) is 5.91 Å². The molecule has 0 aliphatic carbocycles. The normalized spacial score (nSPS) is 12.5. The molecule has 0 aromatic heterocycles. The summed E-state index contributed by atoms with van der Waals surface area (Å²) in [5, 5.41) is 6.86. The quantitative estimate of drug-likeness (QED) is 0.795. The second-order valence-electron chi connectivity index (χ2n) is 5.77. The molecule has 0 radical (unpaired) electrons. The average Bonchev–Trinajstić information content (AvgIpc) is 2.62. The summed E-state index contributed by atoms with van der Waals surface area (Å²) in [6.07, 6.45) is 1.17. The van der Waals surface area contributed by atoms with E-state index >= 15 is 0 Å². The second-order valence-corrected chi connectivity index (χ2v) is 6.20. The van der Waals surface area contributed by atoms with Crippen LogP contribution < -0.4 is 20.1 Å². The minimum atomic E-state index is 0.0204. The van der Waals surface area contributed by atoms with Crippen LogP contribution in [0, 0.1) is 0 Å². The van der Waals surface area contributed by atoms with Gasteiger partial charge >= 0.3 is 0 Å². The molecule has 2 aromatic rings. The Morgan fingerprint density at radius 2 is 1.88 bits per heavy atom. The Hall–Kier alpha value is -2.40. The number of nitrogens with one attached hydrogen (secondary N) is 2. The summed E-state index contributed by atoms with van der Waals surface area (Å²) in [5.41, 5.74) is 2.03. The average molecular weight is 361 g/mol. The maximum absolute atomic E-state index is 11.9. The molecule has 6 heteroatoms. The topological polar surface area (TPSA) is 59.6 Å². The molecule has 1 aliphatic rings. The molecule has 5 nitrogen and oxygen atoms in total. The Morgan fingerprint density at radius 1 is 1.04 bits per heavy atom. The minimum Gasteiger partial charge on any atom is -0.486 e. The van der Waals surface area contributed by atoms with Gasteiger partial charge in [0.1, 0.15) is 13.2 Å². The van der Waals surface area contributed by atoms with Crippen LogP contribution in [0.4, 0.5) is 5.69 Å². The van der Waals surface area contributed by atoms with Crippen LogP contribution in [0.1, 0.15) is 12.0 Å². The first kappa shape index (κ1) is 17.4. The summed E-state index contributed by atoms with van der Waals surface area (Å²) in [7, 11) is 0. The van der Waals surface area contributed by atoms with Gasteiger partial charge in [-0.2, -0.15) is 0 Å². The zero-order valence-corrected chi connectivity index (χ0v) is 14.6. The fourth-order valence-corrected chi connectivity index (χ4v) is 2.81. The van der Waals surface area contributed by atoms with Gasteiger partial charge < -0.3 is 20.1 Å². The third-order valence-electron chi connectivity index (χ3n) is 3.85. The lowest BCUT2D eigenvalue weighted by Gasteiger charge is -2.19. The Kier molecular flexibility index (Phi) is 6.01. The van der Waals surface area contributed by atoms with Gasteiger partial charge in [-0.3, -0.25) is 4.79 Å². The number of fused-ring (bicyclic) bond motifs is 1. The first-order chi connectivity index (χ1) is 12.2. The lowest BCUT2D eigenvalue weighted by molar-refractivity contribution is -0.120. The Morgan fingerprint density at radius 3 is 2.72 bits per heavy atom. The Labute approximate surface area is 152 Å². The fraction of sp³-hybridized carbons (Fsp3) is 0.316. The van der Waals surface area contributed by atoms with Gasteiger partial charge in [0.2, 0.25) is 5.91 Å². The molecule has 0 spiro atoms. The smallest absolute Gasteiger partial charge is 0.221 e. The van der Waals surface area contributed by atoms with Crippen molar-refractivity contribution in [2.75, 3.05) is 31.6 Å². The van der Waals surface area contributed by atoms with Crippen LogP contribution in [0.15, 0.2) is 42.5 Å². The van der Waals surface area contributed by atoms with Gasteiger partial charge in [-0.1, -0.05) is 23.7 Å². The summed E-state index contributed by atoms with van der Waals surface area (Å²) >= 11 is 5.94. The van der Waals surface area contributed by atoms with Crippen LogP contribution >= 0.6 is 11.6 Å². The number of carbonyl (C=O) groups excluding carboxylic acids is 1. The van der Waals surface area contributed by atoms with Crippen molar-refractivity contribution in [1.82, 2.24) is 5.32 Å². The number of halogens is 1. The van der Waals surface area contributed by atoms with E-state index in [4.69, 9.17) is 21.1 Å². The number of hydrogen-bond acceptors (Lipinski definition) is 4. The molecule has 0 bridgehead atoms. The van der Waals surface area contributed by atoms with Crippen LogP contribution in [0.3, 0.4) is 0 Å². The van der Waals surface area contributed by atoms with Crippen molar-refractivity contribution in [3.05, 3.63) is 53.1 Å². The van der Waals surface area contributed by atoms with Gasteiger partial charge in [0.05, 0.1) is 0 Å². The van der Waals surface area contributed by atoms with E-state index in [2.05, 4.69) is 10.6 Å². The molecule has 0 atom stereocenters. The van der Waals surface area contributed by atoms with Gasteiger partial charge in [-0.05, 0) is 36.2 Å². The monoisotopic (exact) mass is 360 g/mol. The highest BCUT2D eigenvalue weighted by Gasteiger charge is 2.11. The highest BCUT2D eigenvalue weighted by Crippen LogP contribution is 2.32. The van der Waals surface area contributed by atoms with Crippen molar-refractivity contribution in [2.24, 2.45) is 0 Å². The molecular weight excluding hydrogens is 340 g/mol. The first-order valence-electron chi connectivity index (χ1n) is 8.35. The fourth-order valence-electron chi connectivity index (χ4n) is 2.60. The standard InChI is InChI=1S/C19H21ClN2O3/c20-15-3-1-2-14(12-15)6-8-22-19(23)7-9-21-16-4-5-17-18(13-16)25-11-10-24-17/h1-5,12-13,21H,6-11H2,(H,22,23). The molecule has 1 amide bonds. The van der Waals surface area contributed by atoms with Crippen LogP contribution in [0.5, 0.6) is 11.5 Å². The van der Waals surface area contributed by atoms with Crippen LogP contribution in [-0.4, -0.2) is 32.2 Å². The number of ether oxygens (including phenoxy) is 2. The highest BCUT2D eigenvalue weighted by molar-refractivity contribution is 6.30. The van der Waals surface area contributed by atoms with Crippen molar-refractivity contribution < 1.29 is 14.3 Å². The van der Waals surface area contributed by atoms with E-state index in [1.165, 1.54) is 0 Å². The molecule has 0 unspecified atom stereocenters. The summed E-state index contributed by atoms with van der Waals surface area (Å²) in [6, 6.07) is 13.4. The molecule has 3 rings (SSSR count). The molecule has 25 heavy (non-hydrogen) atoms. The molecule has 0 saturated carbocycles. The molecular formula is C19H21ClN2O3. The van der Waals surface area contributed by atoms with Crippen LogP contribution in [0.25, 0.3) is 0 Å². The van der Waals surface area contributed by atoms with Crippen molar-refractivity contribution in [2.45, 2.75) is 12.8 Å². The molecule has 2 aromatic carbocycles. The van der Waals surface area contributed by atoms with Gasteiger partial charge in [-0.25, -0.2) is 0 Å². The van der Waals surface area contributed by atoms with Crippen LogP contribution in [0.2, 0.25) is 5.02 Å². The maximum Gasteiger partial charge on any atom is 0.221 e. The number of carbonyl (C=O) groups is 1. The van der Waals surface area contributed by atoms with E-state index < -0.39 is 0 Å². The maximum atomic E-state index is 11.9. The molecule has 0 fully saturated rings. The number of benzene rings is 2. The first-order valence-corrected chi connectivity index (χ1v) is 8.73. The zero-order valence-electron chi connectivity index (χ0n) is 13.9. The number of anilines is 1. The lowest BCUT2D eigenvalue weighted by Crippen LogP contribution is -2.27. The van der Waals surface area contributed by atoms with Crippen molar-refractivity contribution in [3.63, 3.8) is 0 Å². The lowest BCUT2D eigenvalue weighted by atomic mass is 10.1. The van der Waals surface area contributed by atoms with E-state index in [9.17, 15) is 4.79 Å². The van der Waals surface area contributed by atoms with Gasteiger partial charge in [0.25, 0.3) is 0 Å². The highest BCUT2D eigenvalue weighted by atomic mass is 35.5. The molecule has 2 N–H and O–H groups in total. The number of amides is 1. The zero-order chi connectivity index (χ0) is 17.5. The van der Waals surface area contributed by atoms with Gasteiger partial charge in [0, 0.05) is 36.3 Å². The van der Waals surface area contributed by atoms with Crippen molar-refractivity contribution in [3.8, 4) is 11.5 Å². The third kappa shape index (κ3) is 5.29. The van der Waals surface area contributed by atoms with Gasteiger partial charge in [-0.15, -0.1) is 0 Å². The van der Waals surface area contributed by atoms with E-state index in [0.717, 1.165) is 29.2 Å². The SMILES string of the molecule is O=C(CCNc1ccc2c(c1)OCCO2)NCCc1cccc(Cl)c1. The molecule has 1 aliphatic heterocycles. The second kappa shape index (κ2) is 8.62. The Balaban J connectivity index is 1.36. The molecule has 0 saturated heterocycles. The third-order valence-corrected chi connectivity index (χ3v) is 4.08. The molecule has 1 heterocycles.